The molecular formula is C15H26N4O. The summed E-state index contributed by atoms with van der Waals surface area (Å²) in [6, 6.07) is 0. The topological polar surface area (TPSA) is 69.8 Å². The molecule has 20 heavy (non-hydrogen) atoms. The van der Waals surface area contributed by atoms with E-state index in [4.69, 9.17) is 0 Å². The van der Waals surface area contributed by atoms with Crippen molar-refractivity contribution in [3.05, 3.63) is 17.0 Å². The molecule has 5 heteroatoms. The fourth-order valence-corrected chi connectivity index (χ4v) is 3.15. The van der Waals surface area contributed by atoms with Crippen LogP contribution in [0.15, 0.2) is 0 Å². The van der Waals surface area contributed by atoms with Gasteiger partial charge in [-0.15, -0.1) is 0 Å². The van der Waals surface area contributed by atoms with Crippen LogP contribution in [-0.2, 0) is 13.0 Å². The summed E-state index contributed by atoms with van der Waals surface area (Å²) in [7, 11) is 0. The number of H-pyrrole nitrogens is 1. The Morgan fingerprint density at radius 1 is 1.30 bits per heavy atom. The first-order chi connectivity index (χ1) is 9.18. The average Bonchev–Trinajstić information content (AvgIpc) is 2.68. The third-order valence-electron chi connectivity index (χ3n) is 3.45. The fourth-order valence-electron chi connectivity index (χ4n) is 3.15. The Labute approximate surface area is 120 Å². The van der Waals surface area contributed by atoms with Crippen LogP contribution in [0.25, 0.3) is 0 Å². The summed E-state index contributed by atoms with van der Waals surface area (Å²) in [5, 5.41) is 13.6. The first-order valence-corrected chi connectivity index (χ1v) is 7.27. The Morgan fingerprint density at radius 3 is 2.65 bits per heavy atom. The Morgan fingerprint density at radius 2 is 2.00 bits per heavy atom. The third kappa shape index (κ3) is 3.60. The summed E-state index contributed by atoms with van der Waals surface area (Å²) in [6.45, 7) is 12.3. The molecule has 2 heterocycles. The molecular weight excluding hydrogens is 252 g/mol. The van der Waals surface area contributed by atoms with Gasteiger partial charge in [-0.1, -0.05) is 20.8 Å². The minimum Gasteiger partial charge on any atom is -0.346 e. The Kier molecular flexibility index (Phi) is 3.91. The van der Waals surface area contributed by atoms with Crippen molar-refractivity contribution < 1.29 is 4.79 Å². The van der Waals surface area contributed by atoms with E-state index in [1.54, 1.807) is 0 Å². The number of fused-ring (bicyclic) bond motifs is 1. The predicted octanol–water partition coefficient (Wildman–Crippen LogP) is 2.00. The van der Waals surface area contributed by atoms with Crippen LogP contribution in [0.5, 0.6) is 0 Å². The maximum Gasteiger partial charge on any atom is 0.272 e. The van der Waals surface area contributed by atoms with Gasteiger partial charge in [0.25, 0.3) is 5.91 Å². The summed E-state index contributed by atoms with van der Waals surface area (Å²) in [5.41, 5.74) is 2.56. The van der Waals surface area contributed by atoms with Gasteiger partial charge in [-0.05, 0) is 25.7 Å². The van der Waals surface area contributed by atoms with Gasteiger partial charge in [-0.2, -0.15) is 5.10 Å². The number of carbonyl (C=O) groups excluding carboxylic acids is 1. The van der Waals surface area contributed by atoms with Crippen LogP contribution in [0.2, 0.25) is 0 Å². The molecule has 0 saturated carbocycles. The minimum atomic E-state index is -0.247. The van der Waals surface area contributed by atoms with Crippen LogP contribution in [0, 0.1) is 5.41 Å². The largest absolute Gasteiger partial charge is 0.346 e. The molecule has 0 radical (unpaired) electrons. The van der Waals surface area contributed by atoms with Crippen LogP contribution in [0.3, 0.4) is 0 Å². The first kappa shape index (κ1) is 15.0. The highest BCUT2D eigenvalue weighted by Crippen LogP contribution is 2.27. The van der Waals surface area contributed by atoms with Crippen molar-refractivity contribution in [3.8, 4) is 0 Å². The van der Waals surface area contributed by atoms with Crippen molar-refractivity contribution in [2.45, 2.75) is 59.5 Å². The number of amides is 1. The third-order valence-corrected chi connectivity index (χ3v) is 3.45. The molecule has 0 spiro atoms. The van der Waals surface area contributed by atoms with Crippen LogP contribution in [-0.4, -0.2) is 28.2 Å². The van der Waals surface area contributed by atoms with E-state index < -0.39 is 0 Å². The molecule has 0 aliphatic carbocycles. The van der Waals surface area contributed by atoms with E-state index in [0.29, 0.717) is 12.2 Å². The van der Waals surface area contributed by atoms with Gasteiger partial charge < -0.3 is 10.6 Å². The zero-order valence-corrected chi connectivity index (χ0v) is 13.2. The zero-order valence-electron chi connectivity index (χ0n) is 13.2. The van der Waals surface area contributed by atoms with Gasteiger partial charge in [0.15, 0.2) is 5.69 Å². The smallest absolute Gasteiger partial charge is 0.272 e. The highest BCUT2D eigenvalue weighted by molar-refractivity contribution is 5.94. The number of hydrogen-bond acceptors (Lipinski definition) is 3. The number of aromatic nitrogens is 2. The molecule has 0 fully saturated rings. The SMILES string of the molecule is CC(C)(C)CC(C)(C)NC(=O)c1n[nH]c2c1CNCC2. The number of rotatable bonds is 3. The first-order valence-electron chi connectivity index (χ1n) is 7.27. The van der Waals surface area contributed by atoms with Gasteiger partial charge in [0.2, 0.25) is 0 Å². The van der Waals surface area contributed by atoms with E-state index in [2.05, 4.69) is 55.4 Å². The lowest BCUT2D eigenvalue weighted by atomic mass is 9.81. The number of aromatic amines is 1. The summed E-state index contributed by atoms with van der Waals surface area (Å²) in [4.78, 5) is 12.5. The summed E-state index contributed by atoms with van der Waals surface area (Å²) in [6.07, 6.45) is 1.82. The molecule has 1 aliphatic rings. The maximum absolute atomic E-state index is 12.5. The van der Waals surface area contributed by atoms with Gasteiger partial charge in [-0.25, -0.2) is 0 Å². The molecule has 3 N–H and O–H groups in total. The number of nitrogens with zero attached hydrogens (tertiary/aromatic N) is 1. The molecule has 0 bridgehead atoms. The summed E-state index contributed by atoms with van der Waals surface area (Å²) < 4.78 is 0. The molecule has 5 nitrogen and oxygen atoms in total. The predicted molar refractivity (Wildman–Crippen MR) is 79.6 cm³/mol. The Bertz CT molecular complexity index is 496. The molecule has 0 saturated heterocycles. The van der Waals surface area contributed by atoms with Crippen LogP contribution < -0.4 is 10.6 Å². The van der Waals surface area contributed by atoms with Crippen molar-refractivity contribution >= 4 is 5.91 Å². The van der Waals surface area contributed by atoms with E-state index in [-0.39, 0.29) is 16.9 Å². The van der Waals surface area contributed by atoms with Gasteiger partial charge in [0.1, 0.15) is 0 Å². The van der Waals surface area contributed by atoms with E-state index in [1.807, 2.05) is 0 Å². The molecule has 1 aromatic heterocycles. The van der Waals surface area contributed by atoms with Gasteiger partial charge in [0, 0.05) is 36.3 Å². The fraction of sp³-hybridized carbons (Fsp3) is 0.733. The van der Waals surface area contributed by atoms with Crippen molar-refractivity contribution in [3.63, 3.8) is 0 Å². The highest BCUT2D eigenvalue weighted by atomic mass is 16.2. The minimum absolute atomic E-state index is 0.0829. The van der Waals surface area contributed by atoms with Crippen molar-refractivity contribution in [1.29, 1.82) is 0 Å². The van der Waals surface area contributed by atoms with Gasteiger partial charge >= 0.3 is 0 Å². The van der Waals surface area contributed by atoms with Crippen LogP contribution in [0.1, 0.15) is 62.8 Å². The second-order valence-corrected chi connectivity index (χ2v) is 7.53. The summed E-state index contributed by atoms with van der Waals surface area (Å²) in [5.74, 6) is -0.0829. The number of nitrogens with one attached hydrogen (secondary N) is 3. The highest BCUT2D eigenvalue weighted by Gasteiger charge is 2.29. The van der Waals surface area contributed by atoms with Crippen molar-refractivity contribution in [2.24, 2.45) is 5.41 Å². The second-order valence-electron chi connectivity index (χ2n) is 7.53. The van der Waals surface area contributed by atoms with E-state index in [1.165, 1.54) is 0 Å². The van der Waals surface area contributed by atoms with Crippen LogP contribution >= 0.6 is 0 Å². The van der Waals surface area contributed by atoms with E-state index >= 15 is 0 Å². The molecule has 0 atom stereocenters. The monoisotopic (exact) mass is 278 g/mol. The molecule has 2 rings (SSSR count). The standard InChI is InChI=1S/C15H26N4O/c1-14(2,3)9-15(4,5)17-13(20)12-10-8-16-7-6-11(10)18-19-12/h16H,6-9H2,1-5H3,(H,17,20)(H,18,19). The van der Waals surface area contributed by atoms with Crippen LogP contribution in [0.4, 0.5) is 0 Å². The summed E-state index contributed by atoms with van der Waals surface area (Å²) >= 11 is 0. The normalized spacial score (nSPS) is 15.8. The molecule has 1 aliphatic heterocycles. The zero-order chi connectivity index (χ0) is 15.0. The second kappa shape index (κ2) is 5.20. The van der Waals surface area contributed by atoms with Crippen molar-refractivity contribution in [1.82, 2.24) is 20.8 Å². The van der Waals surface area contributed by atoms with Crippen molar-refractivity contribution in [2.75, 3.05) is 6.54 Å². The molecule has 0 unspecified atom stereocenters. The van der Waals surface area contributed by atoms with Gasteiger partial charge in [-0.3, -0.25) is 9.89 Å². The maximum atomic E-state index is 12.5. The quantitative estimate of drug-likeness (QED) is 0.792. The molecule has 1 aromatic rings. The average molecular weight is 278 g/mol. The molecule has 112 valence electrons. The van der Waals surface area contributed by atoms with E-state index in [9.17, 15) is 4.79 Å². The lowest BCUT2D eigenvalue weighted by molar-refractivity contribution is 0.0885. The molecule has 0 aromatic carbocycles. The number of carbonyl (C=O) groups is 1. The van der Waals surface area contributed by atoms with Gasteiger partial charge in [0.05, 0.1) is 0 Å². The lowest BCUT2D eigenvalue weighted by Crippen LogP contribution is -2.46. The molecule has 1 amide bonds. The number of hydrogen-bond donors (Lipinski definition) is 3. The lowest BCUT2D eigenvalue weighted by Gasteiger charge is -2.33. The Hall–Kier alpha value is -1.36. The van der Waals surface area contributed by atoms with E-state index in [0.717, 1.165) is 30.6 Å². The Balaban J connectivity index is 2.10.